The monoisotopic (exact) mass is 1030 g/mol. The molecule has 2 heterocycles. The molecule has 0 fully saturated rings. The van der Waals surface area contributed by atoms with E-state index in [2.05, 4.69) is 5.32 Å². The number of carbonyl (C=O) groups excluding carboxylic acids is 9. The summed E-state index contributed by atoms with van der Waals surface area (Å²) in [4.78, 5) is 112. The van der Waals surface area contributed by atoms with Crippen molar-refractivity contribution in [2.24, 2.45) is 0 Å². The Balaban J connectivity index is 1.89. The highest BCUT2D eigenvalue weighted by molar-refractivity contribution is 7.94. The Bertz CT molecular complexity index is 2230. The lowest BCUT2D eigenvalue weighted by atomic mass is 10.1. The van der Waals surface area contributed by atoms with Gasteiger partial charge >= 0.3 is 47.8 Å². The minimum absolute atomic E-state index is 0.0269. The second kappa shape index (κ2) is 26.5. The van der Waals surface area contributed by atoms with Gasteiger partial charge in [-0.15, -0.1) is 11.3 Å². The first-order chi connectivity index (χ1) is 31.6. The molecule has 1 aromatic heterocycles. The predicted molar refractivity (Wildman–Crippen MR) is 231 cm³/mol. The van der Waals surface area contributed by atoms with E-state index in [1.54, 1.807) is 18.6 Å². The molecule has 1 aromatic rings. The first kappa shape index (κ1) is 58.8. The third kappa shape index (κ3) is 17.0. The molecule has 9 atom stereocenters. The van der Waals surface area contributed by atoms with Gasteiger partial charge in [-0.3, -0.25) is 9.59 Å². The summed E-state index contributed by atoms with van der Waals surface area (Å²) in [5.41, 5.74) is 0.205. The summed E-state index contributed by atoms with van der Waals surface area (Å²) >= 11 is 0.442. The quantitative estimate of drug-likeness (QED) is 0.0725. The van der Waals surface area contributed by atoms with Crippen LogP contribution in [0.15, 0.2) is 14.5 Å². The van der Waals surface area contributed by atoms with E-state index in [1.165, 1.54) is 18.3 Å². The minimum atomic E-state index is -4.70. The Labute approximate surface area is 397 Å². The average Bonchev–Trinajstić information content (AvgIpc) is 3.73. The molecular weight excluding hydrogens is 971 g/mol. The number of thiophene rings is 1. The Hall–Kier alpha value is -5.29. The van der Waals surface area contributed by atoms with E-state index in [0.29, 0.717) is 37.3 Å². The van der Waals surface area contributed by atoms with Crippen molar-refractivity contribution in [3.8, 4) is 0 Å². The van der Waals surface area contributed by atoms with Gasteiger partial charge in [-0.2, -0.15) is 4.31 Å². The van der Waals surface area contributed by atoms with Gasteiger partial charge < -0.3 is 47.9 Å². The second-order valence-electron chi connectivity index (χ2n) is 15.0. The van der Waals surface area contributed by atoms with Crippen molar-refractivity contribution in [3.05, 3.63) is 11.6 Å². The molecule has 1 amide bonds. The van der Waals surface area contributed by atoms with Crippen LogP contribution in [0.1, 0.15) is 100 Å². The lowest BCUT2D eigenvalue weighted by molar-refractivity contribution is -0.189. The van der Waals surface area contributed by atoms with Crippen LogP contribution in [-0.4, -0.2) is 157 Å². The summed E-state index contributed by atoms with van der Waals surface area (Å²) in [6, 6.07) is 0.596. The van der Waals surface area contributed by atoms with Crippen molar-refractivity contribution in [2.75, 3.05) is 33.4 Å². The number of esters is 8. The standard InChI is InChI=1S/C40H59N3O22S3/c1-12-15-30(44)58-21(4)33(46)60-23(6)35(48)62-25(8)37(50)64-27(10)39(52)65-26(9)38(51)63-24(7)36(49)61-22(5)34(47)59-20(3)32(45)42-67(53,54)31-18-28-29(41-13-2)19-43(16-14-17-57-11)68(55,56)40(28)66-31/h18,20-27,29,41H,12-17,19H2,1-11H3,(H,42,45)/t20-,21-,22-,23-,24-,25-,26-,27-,29-/m0/s1. The third-order valence-corrected chi connectivity index (χ3v) is 14.6. The zero-order valence-electron chi connectivity index (χ0n) is 39.4. The van der Waals surface area contributed by atoms with Gasteiger partial charge in [-0.25, -0.2) is 55.1 Å². The second-order valence-corrected chi connectivity index (χ2v) is 20.1. The molecule has 0 unspecified atom stereocenters. The first-order valence-electron chi connectivity index (χ1n) is 21.2. The van der Waals surface area contributed by atoms with Crippen LogP contribution in [-0.2, 0) is 106 Å². The number of nitrogens with one attached hydrogen (secondary N) is 2. The van der Waals surface area contributed by atoms with Crippen LogP contribution in [0.2, 0.25) is 0 Å². The van der Waals surface area contributed by atoms with Gasteiger partial charge in [0.05, 0.1) is 0 Å². The number of sulfonamides is 2. The van der Waals surface area contributed by atoms with Crippen molar-refractivity contribution in [3.63, 3.8) is 0 Å². The first-order valence-corrected chi connectivity index (χ1v) is 24.9. The summed E-state index contributed by atoms with van der Waals surface area (Å²) in [7, 11) is -7.32. The molecule has 0 aromatic carbocycles. The van der Waals surface area contributed by atoms with Crippen molar-refractivity contribution in [1.82, 2.24) is 14.3 Å². The molecule has 2 N–H and O–H groups in total. The number of methoxy groups -OCH3 is 1. The Kier molecular flexibility index (Phi) is 22.9. The molecule has 1 aliphatic rings. The fourth-order valence-electron chi connectivity index (χ4n) is 5.48. The average molecular weight is 1030 g/mol. The Morgan fingerprint density at radius 2 is 1.04 bits per heavy atom. The van der Waals surface area contributed by atoms with E-state index in [-0.39, 0.29) is 29.3 Å². The molecule has 25 nitrogen and oxygen atoms in total. The molecule has 0 spiro atoms. The van der Waals surface area contributed by atoms with Crippen LogP contribution in [0.3, 0.4) is 0 Å². The minimum Gasteiger partial charge on any atom is -0.451 e. The molecule has 0 saturated carbocycles. The maximum atomic E-state index is 13.4. The fraction of sp³-hybridized carbons (Fsp3) is 0.675. The van der Waals surface area contributed by atoms with Gasteiger partial charge in [0.1, 0.15) is 8.42 Å². The van der Waals surface area contributed by atoms with E-state index in [1.807, 2.05) is 0 Å². The summed E-state index contributed by atoms with van der Waals surface area (Å²) < 4.78 is 100. The van der Waals surface area contributed by atoms with Crippen LogP contribution >= 0.6 is 11.3 Å². The third-order valence-electron chi connectivity index (χ3n) is 9.25. The topological polar surface area (TPSA) is 332 Å². The molecule has 0 aliphatic carbocycles. The van der Waals surface area contributed by atoms with Gasteiger partial charge in [0, 0.05) is 44.8 Å². The van der Waals surface area contributed by atoms with Gasteiger partial charge in [0.15, 0.2) is 48.8 Å². The number of likely N-dealkylation sites (N-methyl/N-ethyl adjacent to an activating group) is 1. The Morgan fingerprint density at radius 1 is 0.662 bits per heavy atom. The highest BCUT2D eigenvalue weighted by Crippen LogP contribution is 2.40. The van der Waals surface area contributed by atoms with Crippen molar-refractivity contribution < 1.29 is 103 Å². The summed E-state index contributed by atoms with van der Waals surface area (Å²) in [5, 5.41) is 3.13. The highest BCUT2D eigenvalue weighted by atomic mass is 32.3. The molecule has 2 rings (SSSR count). The van der Waals surface area contributed by atoms with Gasteiger partial charge in [-0.05, 0) is 80.8 Å². The smallest absolute Gasteiger partial charge is 0.347 e. The molecule has 0 bridgehead atoms. The van der Waals surface area contributed by atoms with E-state index in [9.17, 15) is 60.0 Å². The van der Waals surface area contributed by atoms with Gasteiger partial charge in [0.25, 0.3) is 26.0 Å². The SMILES string of the molecule is CCCC(=O)O[C@@H](C)C(=O)O[C@@H](C)C(=O)O[C@@H](C)C(=O)O[C@@H](C)C(=O)O[C@@H](C)C(=O)O[C@@H](C)C(=O)O[C@@H](C)C(=O)O[C@@H](C)C(=O)NS(=O)(=O)c1cc2c(s1)S(=O)(=O)N(CCCOC)C[C@@H]2NCC. The number of rotatable bonds is 26. The molecule has 1 aliphatic heterocycles. The fourth-order valence-corrected chi connectivity index (χ4v) is 10.4. The molecule has 0 saturated heterocycles. The van der Waals surface area contributed by atoms with Crippen LogP contribution in [0, 0.1) is 0 Å². The Morgan fingerprint density at radius 3 is 1.41 bits per heavy atom. The van der Waals surface area contributed by atoms with E-state index in [4.69, 9.17) is 42.6 Å². The molecule has 384 valence electrons. The molecule has 28 heteroatoms. The van der Waals surface area contributed by atoms with Crippen molar-refractivity contribution in [1.29, 1.82) is 0 Å². The number of hydrogen-bond donors (Lipinski definition) is 2. The van der Waals surface area contributed by atoms with Gasteiger partial charge in [-0.1, -0.05) is 13.8 Å². The molecule has 0 radical (unpaired) electrons. The van der Waals surface area contributed by atoms with E-state index >= 15 is 0 Å². The number of ether oxygens (including phenoxy) is 9. The largest absolute Gasteiger partial charge is 0.451 e. The predicted octanol–water partition coefficient (Wildman–Crippen LogP) is 0.498. The van der Waals surface area contributed by atoms with Crippen molar-refractivity contribution >= 4 is 85.0 Å². The number of amides is 1. The van der Waals surface area contributed by atoms with Crippen LogP contribution < -0.4 is 10.0 Å². The van der Waals surface area contributed by atoms with Crippen LogP contribution in [0.25, 0.3) is 0 Å². The summed E-state index contributed by atoms with van der Waals surface area (Å²) in [5.74, 6) is -10.6. The lowest BCUT2D eigenvalue weighted by Gasteiger charge is -2.32. The number of fused-ring (bicyclic) bond motifs is 1. The van der Waals surface area contributed by atoms with Crippen LogP contribution in [0.4, 0.5) is 0 Å². The summed E-state index contributed by atoms with van der Waals surface area (Å²) in [6.07, 6.45) is -12.2. The van der Waals surface area contributed by atoms with E-state index in [0.717, 1.165) is 54.5 Å². The van der Waals surface area contributed by atoms with Gasteiger partial charge in [0.2, 0.25) is 0 Å². The molecular formula is C40H59N3O22S3. The number of hydrogen-bond acceptors (Lipinski definition) is 24. The normalized spacial score (nSPS) is 18.0. The van der Waals surface area contributed by atoms with E-state index < -0.39 is 133 Å². The number of nitrogens with zero attached hydrogens (tertiary/aromatic N) is 1. The van der Waals surface area contributed by atoms with Crippen molar-refractivity contribution in [2.45, 2.75) is 152 Å². The molecule has 68 heavy (non-hydrogen) atoms. The number of carbonyl (C=O) groups is 9. The maximum Gasteiger partial charge on any atom is 0.347 e. The maximum absolute atomic E-state index is 13.4. The van der Waals surface area contributed by atoms with Crippen LogP contribution in [0.5, 0.6) is 0 Å². The zero-order valence-corrected chi connectivity index (χ0v) is 41.8. The highest BCUT2D eigenvalue weighted by Gasteiger charge is 2.41. The zero-order chi connectivity index (χ0) is 51.8. The lowest BCUT2D eigenvalue weighted by Crippen LogP contribution is -2.43. The summed E-state index contributed by atoms with van der Waals surface area (Å²) in [6.45, 7) is 13.1.